The Hall–Kier alpha value is -0.360. The third kappa shape index (κ3) is 2.07. The van der Waals surface area contributed by atoms with Gasteiger partial charge in [-0.1, -0.05) is 0 Å². The number of alkyl halides is 3. The van der Waals surface area contributed by atoms with E-state index in [0.717, 1.165) is 0 Å². The number of rotatable bonds is 0. The quantitative estimate of drug-likeness (QED) is 0.530. The van der Waals surface area contributed by atoms with E-state index < -0.39 is 11.7 Å². The lowest BCUT2D eigenvalue weighted by atomic mass is 10.3. The molecule has 1 heterocycles. The molecule has 1 aromatic heterocycles. The SMILES string of the molecule is FC(F)(F)c1cnc(Cl)nc1Br. The maximum atomic E-state index is 12.0. The van der Waals surface area contributed by atoms with Crippen LogP contribution in [0.15, 0.2) is 10.8 Å². The number of aromatic nitrogens is 2. The van der Waals surface area contributed by atoms with Gasteiger partial charge in [-0.2, -0.15) is 13.2 Å². The summed E-state index contributed by atoms with van der Waals surface area (Å²) in [6.07, 6.45) is -3.83. The van der Waals surface area contributed by atoms with E-state index in [1.54, 1.807) is 0 Å². The highest BCUT2D eigenvalue weighted by atomic mass is 79.9. The smallest absolute Gasteiger partial charge is 0.226 e. The molecule has 66 valence electrons. The van der Waals surface area contributed by atoms with Gasteiger partial charge in [0.05, 0.1) is 0 Å². The molecule has 0 aliphatic carbocycles. The topological polar surface area (TPSA) is 25.8 Å². The molecule has 7 heteroatoms. The van der Waals surface area contributed by atoms with Gasteiger partial charge < -0.3 is 0 Å². The number of hydrogen-bond acceptors (Lipinski definition) is 2. The van der Waals surface area contributed by atoms with Crippen molar-refractivity contribution in [2.24, 2.45) is 0 Å². The van der Waals surface area contributed by atoms with E-state index in [1.165, 1.54) is 0 Å². The fraction of sp³-hybridized carbons (Fsp3) is 0.200. The van der Waals surface area contributed by atoms with Gasteiger partial charge in [-0.15, -0.1) is 0 Å². The summed E-state index contributed by atoms with van der Waals surface area (Å²) in [5.41, 5.74) is -0.938. The van der Waals surface area contributed by atoms with Crippen LogP contribution in [0.1, 0.15) is 5.56 Å². The largest absolute Gasteiger partial charge is 0.420 e. The molecular weight excluding hydrogens is 260 g/mol. The van der Waals surface area contributed by atoms with Crippen molar-refractivity contribution in [2.75, 3.05) is 0 Å². The van der Waals surface area contributed by atoms with Crippen LogP contribution in [0.3, 0.4) is 0 Å². The first-order valence-electron chi connectivity index (χ1n) is 2.66. The van der Waals surface area contributed by atoms with Crippen molar-refractivity contribution in [3.05, 3.63) is 21.6 Å². The van der Waals surface area contributed by atoms with E-state index in [0.29, 0.717) is 6.20 Å². The molecule has 2 nitrogen and oxygen atoms in total. The van der Waals surface area contributed by atoms with E-state index in [1.807, 2.05) is 0 Å². The van der Waals surface area contributed by atoms with Crippen molar-refractivity contribution < 1.29 is 13.2 Å². The summed E-state index contributed by atoms with van der Waals surface area (Å²) in [5.74, 6) is 0. The Kier molecular flexibility index (Phi) is 2.58. The van der Waals surface area contributed by atoms with E-state index >= 15 is 0 Å². The average Bonchev–Trinajstić information content (AvgIpc) is 1.83. The first-order chi connectivity index (χ1) is 5.41. The summed E-state index contributed by atoms with van der Waals surface area (Å²) < 4.78 is 35.7. The molecule has 0 aliphatic rings. The molecule has 0 saturated heterocycles. The van der Waals surface area contributed by atoms with Crippen molar-refractivity contribution in [2.45, 2.75) is 6.18 Å². The second-order valence-corrected chi connectivity index (χ2v) is 2.93. The highest BCUT2D eigenvalue weighted by Gasteiger charge is 2.34. The first kappa shape index (κ1) is 9.73. The van der Waals surface area contributed by atoms with Gasteiger partial charge >= 0.3 is 6.18 Å². The molecular formula is C5HBrClF3N2. The minimum Gasteiger partial charge on any atom is -0.226 e. The van der Waals surface area contributed by atoms with Crippen molar-refractivity contribution in [3.63, 3.8) is 0 Å². The Labute approximate surface area is 78.9 Å². The summed E-state index contributed by atoms with van der Waals surface area (Å²) in [5, 5.41) is -0.227. The van der Waals surface area contributed by atoms with Crippen molar-refractivity contribution in [3.8, 4) is 0 Å². The van der Waals surface area contributed by atoms with Gasteiger partial charge in [0, 0.05) is 6.20 Å². The summed E-state index contributed by atoms with van der Waals surface area (Å²) in [7, 11) is 0. The second kappa shape index (κ2) is 3.18. The molecule has 0 saturated carbocycles. The summed E-state index contributed by atoms with van der Waals surface area (Å²) >= 11 is 7.87. The Morgan fingerprint density at radius 1 is 1.42 bits per heavy atom. The van der Waals surface area contributed by atoms with E-state index in [-0.39, 0.29) is 9.89 Å². The fourth-order valence-corrected chi connectivity index (χ4v) is 1.26. The van der Waals surface area contributed by atoms with Crippen LogP contribution in [0.4, 0.5) is 13.2 Å². The van der Waals surface area contributed by atoms with Gasteiger partial charge in [-0.05, 0) is 27.5 Å². The zero-order valence-electron chi connectivity index (χ0n) is 5.36. The molecule has 0 unspecified atom stereocenters. The molecule has 0 spiro atoms. The molecule has 0 fully saturated rings. The van der Waals surface area contributed by atoms with Gasteiger partial charge in [-0.3, -0.25) is 0 Å². The zero-order chi connectivity index (χ0) is 9.35. The normalized spacial score (nSPS) is 11.8. The van der Waals surface area contributed by atoms with Gasteiger partial charge in [0.25, 0.3) is 0 Å². The molecule has 12 heavy (non-hydrogen) atoms. The van der Waals surface area contributed by atoms with Gasteiger partial charge in [-0.25, -0.2) is 9.97 Å². The molecule has 0 atom stereocenters. The second-order valence-electron chi connectivity index (χ2n) is 1.84. The van der Waals surface area contributed by atoms with Crippen molar-refractivity contribution in [1.82, 2.24) is 9.97 Å². The zero-order valence-corrected chi connectivity index (χ0v) is 7.70. The summed E-state index contributed by atoms with van der Waals surface area (Å²) in [6.45, 7) is 0. The minimum absolute atomic E-state index is 0.227. The lowest BCUT2D eigenvalue weighted by molar-refractivity contribution is -0.138. The lowest BCUT2D eigenvalue weighted by Crippen LogP contribution is -2.07. The first-order valence-corrected chi connectivity index (χ1v) is 3.83. The van der Waals surface area contributed by atoms with Gasteiger partial charge in [0.15, 0.2) is 0 Å². The van der Waals surface area contributed by atoms with Crippen LogP contribution in [0.25, 0.3) is 0 Å². The summed E-state index contributed by atoms with van der Waals surface area (Å²) in [4.78, 5) is 6.50. The van der Waals surface area contributed by atoms with Crippen LogP contribution in [-0.4, -0.2) is 9.97 Å². The number of nitrogens with zero attached hydrogens (tertiary/aromatic N) is 2. The molecule has 0 aromatic carbocycles. The highest BCUT2D eigenvalue weighted by Crippen LogP contribution is 2.33. The van der Waals surface area contributed by atoms with E-state index in [4.69, 9.17) is 11.6 Å². The van der Waals surface area contributed by atoms with Crippen molar-refractivity contribution >= 4 is 27.5 Å². The van der Waals surface area contributed by atoms with Crippen LogP contribution in [0, 0.1) is 0 Å². The Morgan fingerprint density at radius 3 is 2.42 bits per heavy atom. The Morgan fingerprint density at radius 2 is 2.00 bits per heavy atom. The molecule has 0 aliphatic heterocycles. The number of hydrogen-bond donors (Lipinski definition) is 0. The number of halogens is 5. The van der Waals surface area contributed by atoms with Crippen LogP contribution in [0.2, 0.25) is 5.28 Å². The average molecular weight is 261 g/mol. The summed E-state index contributed by atoms with van der Waals surface area (Å²) in [6, 6.07) is 0. The Bertz CT molecular complexity index is 301. The molecule has 0 radical (unpaired) electrons. The fourth-order valence-electron chi connectivity index (χ4n) is 0.531. The molecule has 1 aromatic rings. The lowest BCUT2D eigenvalue weighted by Gasteiger charge is -2.06. The van der Waals surface area contributed by atoms with Gasteiger partial charge in [0.2, 0.25) is 5.28 Å². The molecule has 0 amide bonds. The molecule has 0 bridgehead atoms. The maximum absolute atomic E-state index is 12.0. The minimum atomic E-state index is -4.45. The Balaban J connectivity index is 3.19. The van der Waals surface area contributed by atoms with Crippen LogP contribution in [0.5, 0.6) is 0 Å². The van der Waals surface area contributed by atoms with Crippen LogP contribution in [-0.2, 0) is 6.18 Å². The monoisotopic (exact) mass is 260 g/mol. The molecule has 1 rings (SSSR count). The maximum Gasteiger partial charge on any atom is 0.420 e. The third-order valence-corrected chi connectivity index (χ3v) is 1.80. The predicted molar refractivity (Wildman–Crippen MR) is 39.7 cm³/mol. The molecule has 0 N–H and O–H groups in total. The standard InChI is InChI=1S/C5HBrClF3N2/c6-3-2(5(8,9)10)1-11-4(7)12-3/h1H. The van der Waals surface area contributed by atoms with Crippen LogP contribution < -0.4 is 0 Å². The predicted octanol–water partition coefficient (Wildman–Crippen LogP) is 2.91. The third-order valence-electron chi connectivity index (χ3n) is 1.02. The van der Waals surface area contributed by atoms with Gasteiger partial charge in [0.1, 0.15) is 10.2 Å². The van der Waals surface area contributed by atoms with Crippen molar-refractivity contribution in [1.29, 1.82) is 0 Å². The van der Waals surface area contributed by atoms with E-state index in [2.05, 4.69) is 25.9 Å². The van der Waals surface area contributed by atoms with Crippen LogP contribution >= 0.6 is 27.5 Å². The van der Waals surface area contributed by atoms with E-state index in [9.17, 15) is 13.2 Å². The highest BCUT2D eigenvalue weighted by molar-refractivity contribution is 9.10.